The van der Waals surface area contributed by atoms with Crippen LogP contribution in [0.5, 0.6) is 0 Å². The van der Waals surface area contributed by atoms with Crippen LogP contribution in [0.25, 0.3) is 11.1 Å². The van der Waals surface area contributed by atoms with Gasteiger partial charge in [0.1, 0.15) is 12.6 Å². The van der Waals surface area contributed by atoms with Crippen molar-refractivity contribution in [3.8, 4) is 11.1 Å². The first-order valence-electron chi connectivity index (χ1n) is 14.7. The van der Waals surface area contributed by atoms with Gasteiger partial charge >= 0.3 is 12.1 Å². The molecule has 2 amide bonds. The maximum Gasteiger partial charge on any atom is 0.407 e. The highest BCUT2D eigenvalue weighted by Gasteiger charge is 2.57. The molecule has 0 aromatic heterocycles. The zero-order chi connectivity index (χ0) is 29.3. The van der Waals surface area contributed by atoms with Crippen LogP contribution in [0.4, 0.5) is 4.79 Å². The van der Waals surface area contributed by atoms with E-state index in [9.17, 15) is 19.5 Å². The van der Waals surface area contributed by atoms with Crippen LogP contribution < -0.4 is 5.32 Å². The van der Waals surface area contributed by atoms with Crippen LogP contribution in [-0.4, -0.2) is 59.3 Å². The number of hydrogen-bond donors (Lipinski definition) is 2. The van der Waals surface area contributed by atoms with Crippen LogP contribution >= 0.6 is 0 Å². The van der Waals surface area contributed by atoms with Crippen LogP contribution in [0.1, 0.15) is 55.2 Å². The molecule has 0 radical (unpaired) electrons. The van der Waals surface area contributed by atoms with Crippen molar-refractivity contribution >= 4 is 18.0 Å². The van der Waals surface area contributed by atoms with Crippen LogP contribution in [0.2, 0.25) is 0 Å². The second kappa shape index (κ2) is 11.6. The minimum Gasteiger partial charge on any atom is -0.481 e. The molecule has 2 aliphatic carbocycles. The number of carbonyl (C=O) groups excluding carboxylic acids is 2. The van der Waals surface area contributed by atoms with Gasteiger partial charge in [-0.1, -0.05) is 85.3 Å². The average molecular weight is 569 g/mol. The first-order valence-corrected chi connectivity index (χ1v) is 14.7. The molecule has 0 bridgehead atoms. The molecular weight excluding hydrogens is 532 g/mol. The van der Waals surface area contributed by atoms with Gasteiger partial charge in [0.05, 0.1) is 18.1 Å². The molecule has 1 saturated heterocycles. The van der Waals surface area contributed by atoms with E-state index in [1.165, 1.54) is 0 Å². The van der Waals surface area contributed by atoms with Crippen molar-refractivity contribution in [3.05, 3.63) is 95.6 Å². The molecule has 8 heteroatoms. The number of hydrogen-bond acceptors (Lipinski definition) is 5. The largest absolute Gasteiger partial charge is 0.481 e. The number of nitrogens with zero attached hydrogens (tertiary/aromatic N) is 1. The van der Waals surface area contributed by atoms with Crippen LogP contribution in [0.3, 0.4) is 0 Å². The molecule has 1 heterocycles. The number of ether oxygens (including phenoxy) is 2. The van der Waals surface area contributed by atoms with E-state index < -0.39 is 35.7 Å². The third-order valence-electron chi connectivity index (χ3n) is 9.33. The minimum absolute atomic E-state index is 0.114. The number of amides is 2. The second-order valence-electron chi connectivity index (χ2n) is 11.6. The maximum absolute atomic E-state index is 14.0. The van der Waals surface area contributed by atoms with Crippen molar-refractivity contribution in [3.63, 3.8) is 0 Å². The number of nitrogens with one attached hydrogen (secondary N) is 1. The highest BCUT2D eigenvalue weighted by molar-refractivity contribution is 5.88. The van der Waals surface area contributed by atoms with Crippen molar-refractivity contribution in [2.24, 2.45) is 5.41 Å². The van der Waals surface area contributed by atoms with Gasteiger partial charge < -0.3 is 24.8 Å². The van der Waals surface area contributed by atoms with E-state index in [2.05, 4.69) is 29.6 Å². The molecule has 3 aliphatic rings. The third kappa shape index (κ3) is 5.04. The van der Waals surface area contributed by atoms with E-state index >= 15 is 0 Å². The van der Waals surface area contributed by atoms with Crippen molar-refractivity contribution in [2.75, 3.05) is 13.2 Å². The van der Waals surface area contributed by atoms with Gasteiger partial charge in [0, 0.05) is 18.5 Å². The predicted octanol–water partition coefficient (Wildman–Crippen LogP) is 5.35. The Labute approximate surface area is 245 Å². The van der Waals surface area contributed by atoms with E-state index in [-0.39, 0.29) is 25.0 Å². The maximum atomic E-state index is 14.0. The van der Waals surface area contributed by atoms with Crippen molar-refractivity contribution in [1.82, 2.24) is 10.2 Å². The lowest BCUT2D eigenvalue weighted by atomic mass is 9.82. The van der Waals surface area contributed by atoms with Gasteiger partial charge in [-0.3, -0.25) is 9.59 Å². The van der Waals surface area contributed by atoms with Gasteiger partial charge in [0.2, 0.25) is 5.91 Å². The Bertz CT molecular complexity index is 1430. The minimum atomic E-state index is -1.03. The van der Waals surface area contributed by atoms with Crippen molar-refractivity contribution in [1.29, 1.82) is 0 Å². The number of aliphatic carboxylic acids is 1. The normalized spacial score (nSPS) is 22.1. The lowest BCUT2D eigenvalue weighted by Gasteiger charge is -2.33. The number of fused-ring (bicyclic) bond motifs is 4. The summed E-state index contributed by atoms with van der Waals surface area (Å²) in [6, 6.07) is 24.4. The fourth-order valence-electron chi connectivity index (χ4n) is 7.12. The molecule has 0 spiro atoms. The molecule has 3 aromatic carbocycles. The zero-order valence-corrected chi connectivity index (χ0v) is 23.7. The van der Waals surface area contributed by atoms with Gasteiger partial charge in [0.15, 0.2) is 0 Å². The van der Waals surface area contributed by atoms with E-state index in [4.69, 9.17) is 9.47 Å². The smallest absolute Gasteiger partial charge is 0.407 e. The van der Waals surface area contributed by atoms with Gasteiger partial charge in [-0.15, -0.1) is 0 Å². The summed E-state index contributed by atoms with van der Waals surface area (Å²) in [4.78, 5) is 41.2. The SMILES string of the molecule is CC(OCc1ccccc1)C(NC(=O)OCC1c2ccccc2-c2ccccc21)C(=O)N1CCC2(C(=O)O)CCCC12. The number of benzene rings is 3. The molecule has 2 N–H and O–H groups in total. The summed E-state index contributed by atoms with van der Waals surface area (Å²) in [7, 11) is 0. The molecule has 1 saturated carbocycles. The van der Waals surface area contributed by atoms with Gasteiger partial charge in [0.25, 0.3) is 0 Å². The highest BCUT2D eigenvalue weighted by atomic mass is 16.5. The molecule has 218 valence electrons. The van der Waals surface area contributed by atoms with E-state index in [0.29, 0.717) is 25.8 Å². The molecule has 6 rings (SSSR count). The Hall–Kier alpha value is -4.17. The lowest BCUT2D eigenvalue weighted by molar-refractivity contribution is -0.150. The van der Waals surface area contributed by atoms with E-state index in [0.717, 1.165) is 34.2 Å². The van der Waals surface area contributed by atoms with Crippen LogP contribution in [0, 0.1) is 5.41 Å². The first-order chi connectivity index (χ1) is 20.4. The number of alkyl carbamates (subject to hydrolysis) is 1. The molecule has 1 aliphatic heterocycles. The Morgan fingerprint density at radius 3 is 2.26 bits per heavy atom. The molecule has 3 aromatic rings. The number of carbonyl (C=O) groups is 3. The summed E-state index contributed by atoms with van der Waals surface area (Å²) in [5.41, 5.74) is 4.48. The average Bonchev–Trinajstić information content (AvgIpc) is 3.69. The Morgan fingerprint density at radius 1 is 0.952 bits per heavy atom. The molecule has 8 nitrogen and oxygen atoms in total. The third-order valence-corrected chi connectivity index (χ3v) is 9.33. The number of rotatable bonds is 9. The number of carboxylic acid groups (broad SMARTS) is 1. The van der Waals surface area contributed by atoms with Crippen LogP contribution in [0.15, 0.2) is 78.9 Å². The van der Waals surface area contributed by atoms with Crippen molar-refractivity contribution in [2.45, 2.75) is 63.3 Å². The number of carboxylic acids is 1. The lowest BCUT2D eigenvalue weighted by Crippen LogP contribution is -2.56. The second-order valence-corrected chi connectivity index (χ2v) is 11.6. The quantitative estimate of drug-likeness (QED) is 0.360. The topological polar surface area (TPSA) is 105 Å². The summed E-state index contributed by atoms with van der Waals surface area (Å²) < 4.78 is 11.9. The summed E-state index contributed by atoms with van der Waals surface area (Å²) in [6.45, 7) is 2.48. The van der Waals surface area contributed by atoms with Gasteiger partial charge in [-0.25, -0.2) is 4.79 Å². The highest BCUT2D eigenvalue weighted by Crippen LogP contribution is 2.49. The van der Waals surface area contributed by atoms with E-state index in [1.54, 1.807) is 11.8 Å². The molecule has 2 fully saturated rings. The summed E-state index contributed by atoms with van der Waals surface area (Å²) in [5, 5.41) is 12.8. The molecule has 4 atom stereocenters. The van der Waals surface area contributed by atoms with Gasteiger partial charge in [-0.05, 0) is 54.0 Å². The fraction of sp³-hybridized carbons (Fsp3) is 0.382. The van der Waals surface area contributed by atoms with Crippen LogP contribution in [-0.2, 0) is 25.7 Å². The molecule has 4 unspecified atom stereocenters. The fourth-order valence-corrected chi connectivity index (χ4v) is 7.12. The molecular formula is C34H36N2O6. The first kappa shape index (κ1) is 28.0. The summed E-state index contributed by atoms with van der Waals surface area (Å²) >= 11 is 0. The standard InChI is InChI=1S/C34H36N2O6/c1-22(41-20-23-10-3-2-4-11-23)30(31(37)36-19-18-34(32(38)39)17-9-16-29(34)36)35-33(40)42-21-28-26-14-7-5-12-24(26)25-13-6-8-15-27(25)28/h2-8,10-15,22,28-30H,9,16-21H2,1H3,(H,35,40)(H,38,39). The Balaban J connectivity index is 1.18. The van der Waals surface area contributed by atoms with Gasteiger partial charge in [-0.2, -0.15) is 0 Å². The zero-order valence-electron chi connectivity index (χ0n) is 23.7. The predicted molar refractivity (Wildman–Crippen MR) is 157 cm³/mol. The summed E-state index contributed by atoms with van der Waals surface area (Å²) in [6.07, 6.45) is 0.969. The Morgan fingerprint density at radius 2 is 1.60 bits per heavy atom. The van der Waals surface area contributed by atoms with Crippen molar-refractivity contribution < 1.29 is 29.0 Å². The Kier molecular flexibility index (Phi) is 7.73. The van der Waals surface area contributed by atoms with E-state index in [1.807, 2.05) is 54.6 Å². The monoisotopic (exact) mass is 568 g/mol. The molecule has 42 heavy (non-hydrogen) atoms. The number of likely N-dealkylation sites (tertiary alicyclic amines) is 1. The summed E-state index contributed by atoms with van der Waals surface area (Å²) in [5.74, 6) is -1.30.